The lowest BCUT2D eigenvalue weighted by molar-refractivity contribution is -0.120. The van der Waals surface area contributed by atoms with Gasteiger partial charge in [-0.2, -0.15) is 5.26 Å². The Kier molecular flexibility index (Phi) is 4.59. The number of hydrogen-bond acceptors (Lipinski definition) is 4. The molecule has 0 atom stereocenters. The van der Waals surface area contributed by atoms with Crippen LogP contribution in [0.5, 0.6) is 5.75 Å². The number of nitriles is 1. The molecule has 0 bridgehead atoms. The van der Waals surface area contributed by atoms with Crippen molar-refractivity contribution >= 4 is 11.6 Å². The molecule has 20 heavy (non-hydrogen) atoms. The number of ether oxygens (including phenoxy) is 1. The zero-order valence-electron chi connectivity index (χ0n) is 11.4. The van der Waals surface area contributed by atoms with E-state index in [1.807, 2.05) is 18.2 Å². The molecule has 0 radical (unpaired) electrons. The molecule has 5 heteroatoms. The number of nitrogens with two attached hydrogens (primary N) is 1. The van der Waals surface area contributed by atoms with Crippen LogP contribution >= 0.6 is 0 Å². The van der Waals surface area contributed by atoms with Crippen LogP contribution in [0.4, 0.5) is 5.69 Å². The number of nitrogens with one attached hydrogen (secondary N) is 1. The number of nitrogens with zero attached hydrogens (tertiary/aromatic N) is 1. The van der Waals surface area contributed by atoms with Crippen molar-refractivity contribution in [3.05, 3.63) is 24.3 Å². The van der Waals surface area contributed by atoms with Crippen LogP contribution in [0.25, 0.3) is 0 Å². The molecule has 0 unspecified atom stereocenters. The maximum absolute atomic E-state index is 12.1. The zero-order chi connectivity index (χ0) is 14.4. The molecule has 0 aromatic heterocycles. The van der Waals surface area contributed by atoms with Crippen molar-refractivity contribution < 1.29 is 9.53 Å². The molecule has 1 saturated carbocycles. The van der Waals surface area contributed by atoms with E-state index >= 15 is 0 Å². The Bertz CT molecular complexity index is 518. The topological polar surface area (TPSA) is 88.1 Å². The fourth-order valence-corrected chi connectivity index (χ4v) is 1.94. The van der Waals surface area contributed by atoms with Gasteiger partial charge in [-0.3, -0.25) is 4.79 Å². The molecular formula is C15H19N3O2. The summed E-state index contributed by atoms with van der Waals surface area (Å²) < 4.78 is 5.53. The van der Waals surface area contributed by atoms with Gasteiger partial charge in [-0.25, -0.2) is 0 Å². The van der Waals surface area contributed by atoms with E-state index in [-0.39, 0.29) is 11.3 Å². The van der Waals surface area contributed by atoms with E-state index in [0.717, 1.165) is 12.8 Å². The fraction of sp³-hybridized carbons (Fsp3) is 0.467. The van der Waals surface area contributed by atoms with Crippen LogP contribution in [0.3, 0.4) is 0 Å². The molecule has 1 fully saturated rings. The van der Waals surface area contributed by atoms with E-state index in [1.165, 1.54) is 0 Å². The Morgan fingerprint density at radius 2 is 2.30 bits per heavy atom. The van der Waals surface area contributed by atoms with Gasteiger partial charge < -0.3 is 15.8 Å². The van der Waals surface area contributed by atoms with E-state index in [0.29, 0.717) is 37.4 Å². The predicted octanol–water partition coefficient (Wildman–Crippen LogP) is 2.05. The molecule has 0 spiro atoms. The first-order valence-corrected chi connectivity index (χ1v) is 6.81. The number of unbranched alkanes of at least 4 members (excludes halogenated alkanes) is 1. The molecule has 2 rings (SSSR count). The lowest BCUT2D eigenvalue weighted by Crippen LogP contribution is -2.30. The lowest BCUT2D eigenvalue weighted by Gasteiger charge is -2.13. The predicted molar refractivity (Wildman–Crippen MR) is 76.1 cm³/mol. The Morgan fingerprint density at radius 3 is 2.95 bits per heavy atom. The number of hydrogen-bond donors (Lipinski definition) is 2. The molecule has 0 aliphatic heterocycles. The lowest BCUT2D eigenvalue weighted by atomic mass is 10.1. The molecular weight excluding hydrogens is 254 g/mol. The highest BCUT2D eigenvalue weighted by Crippen LogP contribution is 2.45. The Hall–Kier alpha value is -2.06. The van der Waals surface area contributed by atoms with Crippen LogP contribution in [0, 0.1) is 16.7 Å². The molecule has 1 amide bonds. The van der Waals surface area contributed by atoms with Gasteiger partial charge in [0.25, 0.3) is 0 Å². The van der Waals surface area contributed by atoms with Crippen LogP contribution in [-0.2, 0) is 4.79 Å². The van der Waals surface area contributed by atoms with E-state index in [1.54, 1.807) is 6.07 Å². The number of anilines is 1. The summed E-state index contributed by atoms with van der Waals surface area (Å²) in [5.74, 6) is 0.681. The maximum Gasteiger partial charge on any atom is 0.231 e. The van der Waals surface area contributed by atoms with Crippen LogP contribution in [-0.4, -0.2) is 19.1 Å². The molecule has 0 saturated heterocycles. The minimum Gasteiger partial charge on any atom is -0.493 e. The summed E-state index contributed by atoms with van der Waals surface area (Å²) in [6.45, 7) is 0.890. The van der Waals surface area contributed by atoms with Gasteiger partial charge in [0, 0.05) is 24.7 Å². The minimum absolute atomic E-state index is 0.0124. The van der Waals surface area contributed by atoms with Crippen molar-refractivity contribution in [2.45, 2.75) is 25.7 Å². The first kappa shape index (κ1) is 14.4. The smallest absolute Gasteiger partial charge is 0.231 e. The zero-order valence-corrected chi connectivity index (χ0v) is 11.4. The molecule has 3 N–H and O–H groups in total. The second-order valence-corrected chi connectivity index (χ2v) is 5.08. The number of carbonyl (C=O) groups excluding carboxylic acids is 1. The minimum atomic E-state index is -0.357. The standard InChI is InChI=1S/C15H19N3O2/c16-8-1-2-9-20-13-5-3-4-12(10-13)18-14(19)15(11-17)6-7-15/h3-5,10H,1-2,6-7,9,11,17H2,(H,18,19). The summed E-state index contributed by atoms with van der Waals surface area (Å²) in [4.78, 5) is 12.1. The summed E-state index contributed by atoms with van der Waals surface area (Å²) in [5, 5.41) is 11.3. The number of benzene rings is 1. The first-order chi connectivity index (χ1) is 9.70. The Morgan fingerprint density at radius 1 is 1.50 bits per heavy atom. The summed E-state index contributed by atoms with van der Waals surface area (Å²) in [5.41, 5.74) is 5.99. The summed E-state index contributed by atoms with van der Waals surface area (Å²) in [6.07, 6.45) is 2.90. The largest absolute Gasteiger partial charge is 0.493 e. The number of carbonyl (C=O) groups is 1. The van der Waals surface area contributed by atoms with Crippen LogP contribution in [0.15, 0.2) is 24.3 Å². The highest BCUT2D eigenvalue weighted by atomic mass is 16.5. The Labute approximate surface area is 118 Å². The van der Waals surface area contributed by atoms with Crippen molar-refractivity contribution in [1.29, 1.82) is 5.26 Å². The van der Waals surface area contributed by atoms with E-state index in [2.05, 4.69) is 11.4 Å². The van der Waals surface area contributed by atoms with Gasteiger partial charge in [-0.05, 0) is 31.4 Å². The molecule has 1 aromatic rings. The SMILES string of the molecule is N#CCCCOc1cccc(NC(=O)C2(CN)CC2)c1. The Balaban J connectivity index is 1.89. The molecule has 1 aliphatic rings. The van der Waals surface area contributed by atoms with Crippen molar-refractivity contribution in [2.24, 2.45) is 11.1 Å². The molecule has 5 nitrogen and oxygen atoms in total. The monoisotopic (exact) mass is 273 g/mol. The van der Waals surface area contributed by atoms with Gasteiger partial charge in [-0.15, -0.1) is 0 Å². The maximum atomic E-state index is 12.1. The summed E-state index contributed by atoms with van der Waals surface area (Å²) >= 11 is 0. The second kappa shape index (κ2) is 6.40. The molecule has 0 heterocycles. The van der Waals surface area contributed by atoms with Gasteiger partial charge in [0.2, 0.25) is 5.91 Å². The van der Waals surface area contributed by atoms with Crippen LogP contribution < -0.4 is 15.8 Å². The third-order valence-electron chi connectivity index (χ3n) is 3.52. The molecule has 106 valence electrons. The molecule has 1 aliphatic carbocycles. The van der Waals surface area contributed by atoms with Crippen molar-refractivity contribution in [3.8, 4) is 11.8 Å². The van der Waals surface area contributed by atoms with Crippen molar-refractivity contribution in [3.63, 3.8) is 0 Å². The summed E-state index contributed by atoms with van der Waals surface area (Å²) in [7, 11) is 0. The average Bonchev–Trinajstić information content (AvgIpc) is 3.25. The van der Waals surface area contributed by atoms with Crippen LogP contribution in [0.2, 0.25) is 0 Å². The third-order valence-corrected chi connectivity index (χ3v) is 3.52. The quantitative estimate of drug-likeness (QED) is 0.744. The highest BCUT2D eigenvalue weighted by molar-refractivity contribution is 5.97. The molecule has 1 aromatic carbocycles. The van der Waals surface area contributed by atoms with Gasteiger partial charge in [0.1, 0.15) is 5.75 Å². The van der Waals surface area contributed by atoms with Gasteiger partial charge in [0.15, 0.2) is 0 Å². The van der Waals surface area contributed by atoms with Gasteiger partial charge in [0.05, 0.1) is 18.1 Å². The average molecular weight is 273 g/mol. The van der Waals surface area contributed by atoms with E-state index in [9.17, 15) is 4.79 Å². The number of amides is 1. The van der Waals surface area contributed by atoms with Crippen molar-refractivity contribution in [1.82, 2.24) is 0 Å². The summed E-state index contributed by atoms with van der Waals surface area (Å²) in [6, 6.07) is 9.35. The second-order valence-electron chi connectivity index (χ2n) is 5.08. The van der Waals surface area contributed by atoms with E-state index < -0.39 is 0 Å². The van der Waals surface area contributed by atoms with Crippen molar-refractivity contribution in [2.75, 3.05) is 18.5 Å². The highest BCUT2D eigenvalue weighted by Gasteiger charge is 2.48. The van der Waals surface area contributed by atoms with Gasteiger partial charge >= 0.3 is 0 Å². The van der Waals surface area contributed by atoms with Gasteiger partial charge in [-0.1, -0.05) is 6.07 Å². The van der Waals surface area contributed by atoms with E-state index in [4.69, 9.17) is 15.7 Å². The first-order valence-electron chi connectivity index (χ1n) is 6.81. The van der Waals surface area contributed by atoms with Crippen LogP contribution in [0.1, 0.15) is 25.7 Å². The fourth-order valence-electron chi connectivity index (χ4n) is 1.94. The number of rotatable bonds is 7. The normalized spacial score (nSPS) is 15.2. The third kappa shape index (κ3) is 3.49.